The van der Waals surface area contributed by atoms with Gasteiger partial charge in [-0.05, 0) is 24.1 Å². The molecule has 0 aliphatic rings. The highest BCUT2D eigenvalue weighted by atomic mass is 32.2. The second-order valence-corrected chi connectivity index (χ2v) is 6.04. The molecule has 0 saturated carbocycles. The van der Waals surface area contributed by atoms with Crippen LogP contribution in [-0.4, -0.2) is 21.0 Å². The Labute approximate surface area is 120 Å². The first-order valence-corrected chi connectivity index (χ1v) is 7.63. The Balaban J connectivity index is 2.24. The van der Waals surface area contributed by atoms with Crippen molar-refractivity contribution in [1.29, 1.82) is 0 Å². The number of benzene rings is 2. The fourth-order valence-electron chi connectivity index (χ4n) is 2.05. The van der Waals surface area contributed by atoms with Gasteiger partial charge in [0, 0.05) is 10.6 Å². The van der Waals surface area contributed by atoms with Crippen molar-refractivity contribution >= 4 is 16.8 Å². The van der Waals surface area contributed by atoms with Crippen LogP contribution in [0.25, 0.3) is 0 Å². The summed E-state index contributed by atoms with van der Waals surface area (Å²) < 4.78 is 12.4. The fourth-order valence-corrected chi connectivity index (χ4v) is 3.52. The third-order valence-corrected chi connectivity index (χ3v) is 4.74. The van der Waals surface area contributed by atoms with Gasteiger partial charge < -0.3 is 5.11 Å². The third kappa shape index (κ3) is 3.33. The van der Waals surface area contributed by atoms with E-state index in [9.17, 15) is 14.1 Å². The van der Waals surface area contributed by atoms with E-state index < -0.39 is 22.7 Å². The van der Waals surface area contributed by atoms with Crippen LogP contribution < -0.4 is 0 Å². The first kappa shape index (κ1) is 14.5. The molecule has 2 rings (SSSR count). The van der Waals surface area contributed by atoms with Crippen molar-refractivity contribution in [1.82, 2.24) is 0 Å². The van der Waals surface area contributed by atoms with E-state index in [4.69, 9.17) is 0 Å². The first-order chi connectivity index (χ1) is 9.59. The molecule has 20 heavy (non-hydrogen) atoms. The molecule has 1 N–H and O–H groups in total. The summed E-state index contributed by atoms with van der Waals surface area (Å²) in [6.07, 6.45) is 0. The summed E-state index contributed by atoms with van der Waals surface area (Å²) in [4.78, 5) is 12.1. The third-order valence-electron chi connectivity index (χ3n) is 3.16. The number of aliphatic carboxylic acids is 1. The van der Waals surface area contributed by atoms with Crippen molar-refractivity contribution in [3.63, 3.8) is 0 Å². The summed E-state index contributed by atoms with van der Waals surface area (Å²) in [7, 11) is -1.33. The quantitative estimate of drug-likeness (QED) is 0.920. The molecule has 2 aromatic rings. The van der Waals surface area contributed by atoms with Gasteiger partial charge >= 0.3 is 5.97 Å². The molecule has 0 bridgehead atoms. The molecule has 0 aliphatic carbocycles. The maximum Gasteiger partial charge on any atom is 0.311 e. The smallest absolute Gasteiger partial charge is 0.311 e. The standard InChI is InChI=1S/C16H16O3S/c1-12-7-5-6-10-15(12)20(19)11-14(16(17)18)13-8-3-2-4-9-13/h2-10,14H,11H2,1H3,(H,17,18). The van der Waals surface area contributed by atoms with Gasteiger partial charge in [0.25, 0.3) is 0 Å². The van der Waals surface area contributed by atoms with Crippen molar-refractivity contribution in [2.45, 2.75) is 17.7 Å². The predicted octanol–water partition coefficient (Wildman–Crippen LogP) is 2.97. The number of carboxylic acids is 1. The number of rotatable bonds is 5. The van der Waals surface area contributed by atoms with Crippen LogP contribution in [0.1, 0.15) is 17.0 Å². The molecule has 0 aromatic heterocycles. The normalized spacial score (nSPS) is 13.7. The largest absolute Gasteiger partial charge is 0.481 e. The molecular weight excluding hydrogens is 272 g/mol. The van der Waals surface area contributed by atoms with E-state index in [-0.39, 0.29) is 5.75 Å². The molecule has 2 unspecified atom stereocenters. The Morgan fingerprint density at radius 3 is 2.30 bits per heavy atom. The fraction of sp³-hybridized carbons (Fsp3) is 0.188. The molecule has 104 valence electrons. The number of aryl methyl sites for hydroxylation is 1. The minimum Gasteiger partial charge on any atom is -0.481 e. The van der Waals surface area contributed by atoms with Crippen LogP contribution >= 0.6 is 0 Å². The van der Waals surface area contributed by atoms with Crippen LogP contribution in [0, 0.1) is 6.92 Å². The highest BCUT2D eigenvalue weighted by Gasteiger charge is 2.23. The first-order valence-electron chi connectivity index (χ1n) is 6.31. The van der Waals surface area contributed by atoms with E-state index >= 15 is 0 Å². The zero-order valence-electron chi connectivity index (χ0n) is 11.2. The van der Waals surface area contributed by atoms with Gasteiger partial charge in [-0.1, -0.05) is 48.5 Å². The molecule has 2 atom stereocenters. The average Bonchev–Trinajstić information content (AvgIpc) is 2.45. The SMILES string of the molecule is Cc1ccccc1S(=O)CC(C(=O)O)c1ccccc1. The Morgan fingerprint density at radius 2 is 1.70 bits per heavy atom. The van der Waals surface area contributed by atoms with Crippen LogP contribution in [-0.2, 0) is 15.6 Å². The van der Waals surface area contributed by atoms with Crippen molar-refractivity contribution in [2.24, 2.45) is 0 Å². The van der Waals surface area contributed by atoms with Gasteiger partial charge in [0.15, 0.2) is 0 Å². The Hall–Kier alpha value is -1.94. The van der Waals surface area contributed by atoms with Crippen LogP contribution in [0.4, 0.5) is 0 Å². The van der Waals surface area contributed by atoms with Crippen molar-refractivity contribution in [3.8, 4) is 0 Å². The van der Waals surface area contributed by atoms with Gasteiger partial charge in [0.05, 0.1) is 16.7 Å². The van der Waals surface area contributed by atoms with Crippen molar-refractivity contribution < 1.29 is 14.1 Å². The van der Waals surface area contributed by atoms with Crippen molar-refractivity contribution in [2.75, 3.05) is 5.75 Å². The minimum absolute atomic E-state index is 0.0875. The average molecular weight is 288 g/mol. The second kappa shape index (κ2) is 6.48. The molecular formula is C16H16O3S. The highest BCUT2D eigenvalue weighted by molar-refractivity contribution is 7.85. The molecule has 0 radical (unpaired) electrons. The van der Waals surface area contributed by atoms with Gasteiger partial charge in [0.2, 0.25) is 0 Å². The predicted molar refractivity (Wildman–Crippen MR) is 79.3 cm³/mol. The van der Waals surface area contributed by atoms with Crippen LogP contribution in [0.15, 0.2) is 59.5 Å². The van der Waals surface area contributed by atoms with Gasteiger partial charge in [-0.3, -0.25) is 9.00 Å². The zero-order chi connectivity index (χ0) is 14.5. The highest BCUT2D eigenvalue weighted by Crippen LogP contribution is 2.21. The summed E-state index contributed by atoms with van der Waals surface area (Å²) in [5.74, 6) is -1.61. The monoisotopic (exact) mass is 288 g/mol. The Bertz CT molecular complexity index is 623. The molecule has 3 nitrogen and oxygen atoms in total. The van der Waals surface area contributed by atoms with E-state index in [1.165, 1.54) is 0 Å². The molecule has 4 heteroatoms. The number of carbonyl (C=O) groups is 1. The van der Waals surface area contributed by atoms with E-state index in [2.05, 4.69) is 0 Å². The van der Waals surface area contributed by atoms with Crippen LogP contribution in [0.3, 0.4) is 0 Å². The summed E-state index contributed by atoms with van der Waals surface area (Å²) in [5, 5.41) is 9.36. The van der Waals surface area contributed by atoms with E-state index in [0.29, 0.717) is 10.5 Å². The molecule has 0 fully saturated rings. The van der Waals surface area contributed by atoms with Crippen LogP contribution in [0.5, 0.6) is 0 Å². The second-order valence-electron chi connectivity index (χ2n) is 4.58. The number of hydrogen-bond acceptors (Lipinski definition) is 2. The number of hydrogen-bond donors (Lipinski definition) is 1. The lowest BCUT2D eigenvalue weighted by Crippen LogP contribution is -2.19. The van der Waals surface area contributed by atoms with Gasteiger partial charge in [-0.2, -0.15) is 0 Å². The van der Waals surface area contributed by atoms with E-state index in [1.54, 1.807) is 30.3 Å². The van der Waals surface area contributed by atoms with Gasteiger partial charge in [0.1, 0.15) is 0 Å². The van der Waals surface area contributed by atoms with Gasteiger partial charge in [-0.15, -0.1) is 0 Å². The number of carboxylic acid groups (broad SMARTS) is 1. The molecule has 0 heterocycles. The zero-order valence-corrected chi connectivity index (χ0v) is 12.0. The lowest BCUT2D eigenvalue weighted by Gasteiger charge is -2.13. The molecule has 0 spiro atoms. The summed E-state index contributed by atoms with van der Waals surface area (Å²) in [6.45, 7) is 1.88. The Morgan fingerprint density at radius 1 is 1.10 bits per heavy atom. The maximum atomic E-state index is 12.4. The molecule has 0 saturated heterocycles. The minimum atomic E-state index is -1.33. The van der Waals surface area contributed by atoms with E-state index in [0.717, 1.165) is 5.56 Å². The van der Waals surface area contributed by atoms with Gasteiger partial charge in [-0.25, -0.2) is 0 Å². The summed E-state index contributed by atoms with van der Waals surface area (Å²) in [5.41, 5.74) is 1.60. The molecule has 2 aromatic carbocycles. The Kier molecular flexibility index (Phi) is 4.69. The summed E-state index contributed by atoms with van der Waals surface area (Å²) >= 11 is 0. The molecule has 0 amide bonds. The summed E-state index contributed by atoms with van der Waals surface area (Å²) in [6, 6.07) is 16.3. The lowest BCUT2D eigenvalue weighted by atomic mass is 10.0. The van der Waals surface area contributed by atoms with Crippen LogP contribution in [0.2, 0.25) is 0 Å². The topological polar surface area (TPSA) is 54.4 Å². The lowest BCUT2D eigenvalue weighted by molar-refractivity contribution is -0.138. The van der Waals surface area contributed by atoms with E-state index in [1.807, 2.05) is 31.2 Å². The molecule has 0 aliphatic heterocycles. The van der Waals surface area contributed by atoms with Crippen molar-refractivity contribution in [3.05, 3.63) is 65.7 Å². The maximum absolute atomic E-state index is 12.4.